The lowest BCUT2D eigenvalue weighted by Gasteiger charge is -2.23. The largest absolute Gasteiger partial charge is 0.384 e. The van der Waals surface area contributed by atoms with Crippen molar-refractivity contribution in [2.45, 2.75) is 38.4 Å². The molecule has 1 fully saturated rings. The molecule has 4 atom stereocenters. The Morgan fingerprint density at radius 3 is 2.81 bits per heavy atom. The number of hydrogen-bond acceptors (Lipinski definition) is 6. The Labute approximate surface area is 181 Å². The van der Waals surface area contributed by atoms with E-state index in [1.165, 1.54) is 4.90 Å². The van der Waals surface area contributed by atoms with Gasteiger partial charge in [-0.2, -0.15) is 5.10 Å². The molecule has 4 rings (SSSR count). The third-order valence-electron chi connectivity index (χ3n) is 6.42. The number of aryl methyl sites for hydroxylation is 1. The van der Waals surface area contributed by atoms with Gasteiger partial charge in [0.05, 0.1) is 25.3 Å². The molecule has 2 aromatic rings. The van der Waals surface area contributed by atoms with Crippen LogP contribution in [0.4, 0.5) is 0 Å². The van der Waals surface area contributed by atoms with Gasteiger partial charge < -0.3 is 14.4 Å². The van der Waals surface area contributed by atoms with Crippen molar-refractivity contribution in [3.8, 4) is 0 Å². The fraction of sp³-hybridized carbons (Fsp3) is 0.478. The molecule has 1 amide bonds. The summed E-state index contributed by atoms with van der Waals surface area (Å²) in [5.74, 6) is 1.03. The van der Waals surface area contributed by atoms with Crippen LogP contribution in [0.25, 0.3) is 0 Å². The molecule has 164 valence electrons. The number of aldehydes is 1. The highest BCUT2D eigenvalue weighted by Gasteiger charge is 2.54. The van der Waals surface area contributed by atoms with E-state index in [2.05, 4.69) is 17.2 Å². The molecule has 1 aromatic carbocycles. The van der Waals surface area contributed by atoms with E-state index in [9.17, 15) is 9.59 Å². The summed E-state index contributed by atoms with van der Waals surface area (Å²) in [6.45, 7) is 2.65. The summed E-state index contributed by atoms with van der Waals surface area (Å²) in [6.07, 6.45) is 3.82. The molecule has 1 aliphatic heterocycles. The molecular weight excluding hydrogens is 396 g/mol. The predicted octanol–water partition coefficient (Wildman–Crippen LogP) is 2.29. The van der Waals surface area contributed by atoms with E-state index < -0.39 is 0 Å². The molecule has 0 bridgehead atoms. The normalized spacial score (nSPS) is 23.8. The molecule has 0 radical (unpaired) electrons. The minimum absolute atomic E-state index is 0.0352. The van der Waals surface area contributed by atoms with Crippen LogP contribution in [0.3, 0.4) is 0 Å². The second-order valence-corrected chi connectivity index (χ2v) is 8.27. The minimum Gasteiger partial charge on any atom is -0.384 e. The van der Waals surface area contributed by atoms with Crippen molar-refractivity contribution < 1.29 is 19.2 Å². The average Bonchev–Trinajstić information content (AvgIpc) is 3.34. The first-order chi connectivity index (χ1) is 15.0. The second kappa shape index (κ2) is 9.01. The molecule has 1 aliphatic carbocycles. The van der Waals surface area contributed by atoms with Crippen LogP contribution in [0.5, 0.6) is 0 Å². The zero-order chi connectivity index (χ0) is 22.0. The van der Waals surface area contributed by atoms with Crippen molar-refractivity contribution in [2.24, 2.45) is 24.0 Å². The standard InChI is InChI=1S/C23H28N4O4/c1-15(22-17(9-10-28)23(22)30-13-16-7-5-4-6-8-16)18-12-24-27(3)19(18)11-20-25-31-14-21(29)26(20)2/h4-8,10,12,15,17,22-23H,9,11,13-14H2,1-3H3/t15-,17?,22?,23?/m0/s1. The van der Waals surface area contributed by atoms with E-state index in [1.807, 2.05) is 48.3 Å². The summed E-state index contributed by atoms with van der Waals surface area (Å²) in [5.41, 5.74) is 3.19. The highest BCUT2D eigenvalue weighted by atomic mass is 16.6. The van der Waals surface area contributed by atoms with Gasteiger partial charge in [-0.3, -0.25) is 14.4 Å². The minimum atomic E-state index is -0.121. The number of likely N-dealkylation sites (N-methyl/N-ethyl adjacent to an activating group) is 1. The Kier molecular flexibility index (Phi) is 6.18. The molecule has 0 saturated heterocycles. The topological polar surface area (TPSA) is 86.0 Å². The van der Waals surface area contributed by atoms with Gasteiger partial charge in [0, 0.05) is 26.2 Å². The molecule has 31 heavy (non-hydrogen) atoms. The van der Waals surface area contributed by atoms with Gasteiger partial charge in [-0.15, -0.1) is 0 Å². The summed E-state index contributed by atoms with van der Waals surface area (Å²) in [5, 5.41) is 8.52. The maximum atomic E-state index is 11.9. The number of rotatable bonds is 9. The van der Waals surface area contributed by atoms with Crippen molar-refractivity contribution in [1.29, 1.82) is 0 Å². The Bertz CT molecular complexity index is 971. The van der Waals surface area contributed by atoms with Gasteiger partial charge in [0.25, 0.3) is 5.91 Å². The van der Waals surface area contributed by atoms with Crippen LogP contribution in [0, 0.1) is 11.8 Å². The molecule has 8 heteroatoms. The third kappa shape index (κ3) is 4.39. The van der Waals surface area contributed by atoms with Crippen molar-refractivity contribution in [3.63, 3.8) is 0 Å². The van der Waals surface area contributed by atoms with Crippen LogP contribution in [0.1, 0.15) is 36.1 Å². The zero-order valence-corrected chi connectivity index (χ0v) is 18.1. The van der Waals surface area contributed by atoms with Crippen molar-refractivity contribution >= 4 is 18.0 Å². The molecular formula is C23H28N4O4. The Hall–Kier alpha value is -3.00. The summed E-state index contributed by atoms with van der Waals surface area (Å²) >= 11 is 0. The zero-order valence-electron chi connectivity index (χ0n) is 18.1. The van der Waals surface area contributed by atoms with Gasteiger partial charge in [-0.1, -0.05) is 42.4 Å². The predicted molar refractivity (Wildman–Crippen MR) is 114 cm³/mol. The van der Waals surface area contributed by atoms with Crippen molar-refractivity contribution in [1.82, 2.24) is 14.7 Å². The van der Waals surface area contributed by atoms with Crippen LogP contribution >= 0.6 is 0 Å². The fourth-order valence-electron chi connectivity index (χ4n) is 4.48. The van der Waals surface area contributed by atoms with Gasteiger partial charge in [-0.25, -0.2) is 0 Å². The van der Waals surface area contributed by atoms with E-state index in [0.717, 1.165) is 23.1 Å². The fourth-order valence-corrected chi connectivity index (χ4v) is 4.48. The number of aromatic nitrogens is 2. The van der Waals surface area contributed by atoms with E-state index in [4.69, 9.17) is 9.57 Å². The van der Waals surface area contributed by atoms with E-state index >= 15 is 0 Å². The molecule has 1 saturated carbocycles. The number of benzene rings is 1. The molecule has 1 aromatic heterocycles. The highest BCUT2D eigenvalue weighted by molar-refractivity contribution is 6.00. The Balaban J connectivity index is 1.49. The van der Waals surface area contributed by atoms with Crippen LogP contribution in [-0.2, 0) is 39.2 Å². The van der Waals surface area contributed by atoms with Gasteiger partial charge in [0.15, 0.2) is 12.4 Å². The highest BCUT2D eigenvalue weighted by Crippen LogP contribution is 2.53. The third-order valence-corrected chi connectivity index (χ3v) is 6.42. The number of oxime groups is 1. The molecule has 8 nitrogen and oxygen atoms in total. The number of carbonyl (C=O) groups excluding carboxylic acids is 2. The molecule has 2 heterocycles. The molecule has 0 spiro atoms. The van der Waals surface area contributed by atoms with E-state index in [-0.39, 0.29) is 36.4 Å². The summed E-state index contributed by atoms with van der Waals surface area (Å²) < 4.78 is 8.02. The molecule has 0 N–H and O–H groups in total. The number of carbonyl (C=O) groups is 2. The maximum Gasteiger partial charge on any atom is 0.268 e. The Morgan fingerprint density at radius 2 is 2.06 bits per heavy atom. The average molecular weight is 425 g/mol. The van der Waals surface area contributed by atoms with Gasteiger partial charge >= 0.3 is 0 Å². The number of hydrogen-bond donors (Lipinski definition) is 0. The van der Waals surface area contributed by atoms with Crippen LogP contribution in [0.2, 0.25) is 0 Å². The quantitative estimate of drug-likeness (QED) is 0.577. The maximum absolute atomic E-state index is 11.9. The van der Waals surface area contributed by atoms with Gasteiger partial charge in [0.2, 0.25) is 0 Å². The number of ether oxygens (including phenoxy) is 1. The lowest BCUT2D eigenvalue weighted by atomic mass is 9.93. The first-order valence-corrected chi connectivity index (χ1v) is 10.6. The van der Waals surface area contributed by atoms with Crippen molar-refractivity contribution in [2.75, 3.05) is 13.7 Å². The Morgan fingerprint density at radius 1 is 1.29 bits per heavy atom. The lowest BCUT2D eigenvalue weighted by molar-refractivity contribution is -0.133. The smallest absolute Gasteiger partial charge is 0.268 e. The summed E-state index contributed by atoms with van der Waals surface area (Å²) in [7, 11) is 3.59. The summed E-state index contributed by atoms with van der Waals surface area (Å²) in [6, 6.07) is 10.1. The van der Waals surface area contributed by atoms with Crippen LogP contribution < -0.4 is 0 Å². The van der Waals surface area contributed by atoms with Crippen LogP contribution in [-0.4, -0.2) is 52.5 Å². The number of nitrogens with zero attached hydrogens (tertiary/aromatic N) is 4. The van der Waals surface area contributed by atoms with Crippen molar-refractivity contribution in [3.05, 3.63) is 53.3 Å². The van der Waals surface area contributed by atoms with E-state index in [0.29, 0.717) is 25.3 Å². The SMILES string of the molecule is C[C@@H](c1cnn(C)c1CC1=NOCC(=O)N1C)C1C(CC=O)C1OCc1ccccc1. The first-order valence-electron chi connectivity index (χ1n) is 10.6. The first kappa shape index (κ1) is 21.2. The second-order valence-electron chi connectivity index (χ2n) is 8.27. The lowest BCUT2D eigenvalue weighted by Crippen LogP contribution is -2.40. The van der Waals surface area contributed by atoms with Crippen LogP contribution in [0.15, 0.2) is 41.7 Å². The molecule has 3 unspecified atom stereocenters. The monoisotopic (exact) mass is 424 g/mol. The number of amides is 1. The van der Waals surface area contributed by atoms with Gasteiger partial charge in [0.1, 0.15) is 6.29 Å². The van der Waals surface area contributed by atoms with Gasteiger partial charge in [-0.05, 0) is 28.9 Å². The number of amidine groups is 1. The van der Waals surface area contributed by atoms with E-state index in [1.54, 1.807) is 7.05 Å². The molecule has 2 aliphatic rings. The summed E-state index contributed by atoms with van der Waals surface area (Å²) in [4.78, 5) is 29.8.